The van der Waals surface area contributed by atoms with Gasteiger partial charge >= 0.3 is 0 Å². The van der Waals surface area contributed by atoms with Gasteiger partial charge < -0.3 is 15.0 Å². The van der Waals surface area contributed by atoms with E-state index in [2.05, 4.69) is 33.3 Å². The van der Waals surface area contributed by atoms with Crippen LogP contribution in [0.15, 0.2) is 42.5 Å². The largest absolute Gasteiger partial charge is 0.497 e. The van der Waals surface area contributed by atoms with Crippen molar-refractivity contribution in [2.75, 3.05) is 44.7 Å². The van der Waals surface area contributed by atoms with Crippen molar-refractivity contribution in [1.82, 2.24) is 10.2 Å². The van der Waals surface area contributed by atoms with Crippen LogP contribution in [0.3, 0.4) is 0 Å². The standard InChI is InChI=1S/C26H32N4O2/c1-32-25-8-5-23-19-29(14-9-22(23)17-25)13-2-12-28-26(31)21-10-15-30(16-11-21)24-6-3-20(18-27)4-7-24/h3-8,17,21H,2,9-16,19H2,1H3,(H,28,31). The summed E-state index contributed by atoms with van der Waals surface area (Å²) in [5.74, 6) is 1.23. The van der Waals surface area contributed by atoms with Gasteiger partial charge in [-0.1, -0.05) is 6.07 Å². The first kappa shape index (κ1) is 22.2. The van der Waals surface area contributed by atoms with Crippen LogP contribution in [-0.4, -0.2) is 50.6 Å². The van der Waals surface area contributed by atoms with E-state index in [-0.39, 0.29) is 11.8 Å². The van der Waals surface area contributed by atoms with Crippen molar-refractivity contribution in [1.29, 1.82) is 5.26 Å². The Morgan fingerprint density at radius 1 is 1.12 bits per heavy atom. The highest BCUT2D eigenvalue weighted by atomic mass is 16.5. The lowest BCUT2D eigenvalue weighted by atomic mass is 9.95. The van der Waals surface area contributed by atoms with Gasteiger partial charge in [0.1, 0.15) is 5.75 Å². The Kier molecular flexibility index (Phi) is 7.28. The van der Waals surface area contributed by atoms with Crippen molar-refractivity contribution in [3.8, 4) is 11.8 Å². The molecule has 6 nitrogen and oxygen atoms in total. The smallest absolute Gasteiger partial charge is 0.223 e. The average Bonchev–Trinajstić information content (AvgIpc) is 2.86. The quantitative estimate of drug-likeness (QED) is 0.680. The topological polar surface area (TPSA) is 68.6 Å². The summed E-state index contributed by atoms with van der Waals surface area (Å²) in [6, 6.07) is 16.2. The number of nitriles is 1. The maximum Gasteiger partial charge on any atom is 0.223 e. The number of carbonyl (C=O) groups excluding carboxylic acids is 1. The molecule has 0 unspecified atom stereocenters. The van der Waals surface area contributed by atoms with Gasteiger partial charge in [-0.2, -0.15) is 5.26 Å². The lowest BCUT2D eigenvalue weighted by molar-refractivity contribution is -0.125. The summed E-state index contributed by atoms with van der Waals surface area (Å²) in [5.41, 5.74) is 4.58. The summed E-state index contributed by atoms with van der Waals surface area (Å²) >= 11 is 0. The highest BCUT2D eigenvalue weighted by Crippen LogP contribution is 2.25. The zero-order chi connectivity index (χ0) is 22.3. The molecule has 1 N–H and O–H groups in total. The number of anilines is 1. The van der Waals surface area contributed by atoms with Crippen molar-refractivity contribution in [3.63, 3.8) is 0 Å². The van der Waals surface area contributed by atoms with Crippen molar-refractivity contribution >= 4 is 11.6 Å². The Labute approximate surface area is 190 Å². The van der Waals surface area contributed by atoms with Gasteiger partial charge in [0.05, 0.1) is 18.7 Å². The number of hydrogen-bond acceptors (Lipinski definition) is 5. The number of benzene rings is 2. The number of rotatable bonds is 7. The van der Waals surface area contributed by atoms with Gasteiger partial charge in [-0.25, -0.2) is 0 Å². The van der Waals surface area contributed by atoms with Gasteiger partial charge in [0.25, 0.3) is 0 Å². The van der Waals surface area contributed by atoms with Gasteiger partial charge in [0.15, 0.2) is 0 Å². The third-order valence-electron chi connectivity index (χ3n) is 6.68. The van der Waals surface area contributed by atoms with Gasteiger partial charge in [0, 0.05) is 50.9 Å². The first-order valence-electron chi connectivity index (χ1n) is 11.6. The lowest BCUT2D eigenvalue weighted by Gasteiger charge is -2.33. The first-order valence-corrected chi connectivity index (χ1v) is 11.6. The van der Waals surface area contributed by atoms with Gasteiger partial charge in [-0.05, 0) is 73.2 Å². The zero-order valence-electron chi connectivity index (χ0n) is 18.8. The van der Waals surface area contributed by atoms with Gasteiger partial charge in [-0.15, -0.1) is 0 Å². The monoisotopic (exact) mass is 432 g/mol. The highest BCUT2D eigenvalue weighted by molar-refractivity contribution is 5.79. The maximum atomic E-state index is 12.6. The third-order valence-corrected chi connectivity index (χ3v) is 6.68. The Balaban J connectivity index is 1.15. The van der Waals surface area contributed by atoms with Crippen molar-refractivity contribution in [3.05, 3.63) is 59.2 Å². The second-order valence-corrected chi connectivity index (χ2v) is 8.73. The van der Waals surface area contributed by atoms with E-state index in [0.29, 0.717) is 5.56 Å². The molecule has 0 radical (unpaired) electrons. The molecular weight excluding hydrogens is 400 g/mol. The molecular formula is C26H32N4O2. The molecule has 4 rings (SSSR count). The summed E-state index contributed by atoms with van der Waals surface area (Å²) < 4.78 is 5.33. The number of fused-ring (bicyclic) bond motifs is 1. The Morgan fingerprint density at radius 3 is 2.62 bits per heavy atom. The molecule has 2 aliphatic heterocycles. The number of nitrogens with one attached hydrogen (secondary N) is 1. The van der Waals surface area contributed by atoms with Crippen LogP contribution in [0.4, 0.5) is 5.69 Å². The van der Waals surface area contributed by atoms with Crippen LogP contribution in [0.5, 0.6) is 5.75 Å². The number of ether oxygens (including phenoxy) is 1. The van der Waals surface area contributed by atoms with E-state index in [4.69, 9.17) is 10.00 Å². The normalized spacial score (nSPS) is 16.8. The fraction of sp³-hybridized carbons (Fsp3) is 0.462. The lowest BCUT2D eigenvalue weighted by Crippen LogP contribution is -2.41. The van der Waals surface area contributed by atoms with Gasteiger partial charge in [0.2, 0.25) is 5.91 Å². The Hall–Kier alpha value is -3.04. The van der Waals surface area contributed by atoms with E-state index >= 15 is 0 Å². The Bertz CT molecular complexity index is 959. The molecule has 0 atom stereocenters. The SMILES string of the molecule is COc1ccc2c(c1)CCN(CCCNC(=O)C1CCN(c3ccc(C#N)cc3)CC1)C2. The predicted molar refractivity (Wildman–Crippen MR) is 126 cm³/mol. The number of piperidine rings is 1. The fourth-order valence-corrected chi connectivity index (χ4v) is 4.71. The van der Waals surface area contributed by atoms with Crippen LogP contribution in [0, 0.1) is 17.2 Å². The van der Waals surface area contributed by atoms with E-state index < -0.39 is 0 Å². The van der Waals surface area contributed by atoms with E-state index in [9.17, 15) is 4.79 Å². The summed E-state index contributed by atoms with van der Waals surface area (Å²) in [6.45, 7) is 5.52. The predicted octanol–water partition coefficient (Wildman–Crippen LogP) is 3.35. The summed E-state index contributed by atoms with van der Waals surface area (Å²) in [7, 11) is 1.71. The molecule has 168 valence electrons. The van der Waals surface area contributed by atoms with Crippen LogP contribution in [0.1, 0.15) is 36.0 Å². The van der Waals surface area contributed by atoms with Crippen LogP contribution >= 0.6 is 0 Å². The van der Waals surface area contributed by atoms with E-state index in [1.165, 1.54) is 11.1 Å². The molecule has 1 saturated heterocycles. The van der Waals surface area contributed by atoms with Crippen LogP contribution in [0.25, 0.3) is 0 Å². The van der Waals surface area contributed by atoms with E-state index in [0.717, 1.165) is 76.4 Å². The molecule has 2 aromatic carbocycles. The van der Waals surface area contributed by atoms with Crippen molar-refractivity contribution in [2.45, 2.75) is 32.2 Å². The summed E-state index contributed by atoms with van der Waals surface area (Å²) in [6.07, 6.45) is 3.77. The summed E-state index contributed by atoms with van der Waals surface area (Å²) in [5, 5.41) is 12.1. The number of nitrogens with zero attached hydrogens (tertiary/aromatic N) is 3. The van der Waals surface area contributed by atoms with Crippen LogP contribution in [-0.2, 0) is 17.8 Å². The van der Waals surface area contributed by atoms with Crippen LogP contribution < -0.4 is 15.0 Å². The molecule has 0 aliphatic carbocycles. The molecule has 1 fully saturated rings. The number of methoxy groups -OCH3 is 1. The molecule has 2 heterocycles. The minimum absolute atomic E-state index is 0.0986. The number of carbonyl (C=O) groups is 1. The molecule has 32 heavy (non-hydrogen) atoms. The van der Waals surface area contributed by atoms with Crippen molar-refractivity contribution in [2.24, 2.45) is 5.92 Å². The fourth-order valence-electron chi connectivity index (χ4n) is 4.71. The van der Waals surface area contributed by atoms with E-state index in [1.54, 1.807) is 7.11 Å². The Morgan fingerprint density at radius 2 is 1.91 bits per heavy atom. The zero-order valence-corrected chi connectivity index (χ0v) is 18.8. The molecule has 6 heteroatoms. The molecule has 2 aliphatic rings. The second kappa shape index (κ2) is 10.5. The number of hydrogen-bond donors (Lipinski definition) is 1. The first-order chi connectivity index (χ1) is 15.7. The minimum Gasteiger partial charge on any atom is -0.497 e. The maximum absolute atomic E-state index is 12.6. The molecule has 0 spiro atoms. The second-order valence-electron chi connectivity index (χ2n) is 8.73. The molecule has 0 bridgehead atoms. The summed E-state index contributed by atoms with van der Waals surface area (Å²) in [4.78, 5) is 17.4. The molecule has 2 aromatic rings. The average molecular weight is 433 g/mol. The molecule has 1 amide bonds. The molecule has 0 aromatic heterocycles. The minimum atomic E-state index is 0.0986. The highest BCUT2D eigenvalue weighted by Gasteiger charge is 2.25. The number of amides is 1. The van der Waals surface area contributed by atoms with Crippen molar-refractivity contribution < 1.29 is 9.53 Å². The molecule has 0 saturated carbocycles. The van der Waals surface area contributed by atoms with Crippen LogP contribution in [0.2, 0.25) is 0 Å². The van der Waals surface area contributed by atoms with Gasteiger partial charge in [-0.3, -0.25) is 9.69 Å². The third kappa shape index (κ3) is 5.41. The van der Waals surface area contributed by atoms with E-state index in [1.807, 2.05) is 30.3 Å².